The van der Waals surface area contributed by atoms with Crippen molar-refractivity contribution >= 4 is 28.6 Å². The van der Waals surface area contributed by atoms with Gasteiger partial charge in [0.15, 0.2) is 17.5 Å². The Morgan fingerprint density at radius 1 is 0.900 bits per heavy atom. The highest BCUT2D eigenvalue weighted by atomic mass is 32.1. The first-order valence-electron chi connectivity index (χ1n) is 5.40. The first-order valence-corrected chi connectivity index (χ1v) is 5.81. The van der Waals surface area contributed by atoms with E-state index in [-0.39, 0.29) is 21.9 Å². The lowest BCUT2D eigenvalue weighted by Crippen LogP contribution is -2.14. The molecule has 2 rings (SSSR count). The maximum atomic E-state index is 13.6. The van der Waals surface area contributed by atoms with E-state index in [9.17, 15) is 17.6 Å². The van der Waals surface area contributed by atoms with E-state index in [2.05, 4.69) is 5.32 Å². The van der Waals surface area contributed by atoms with Gasteiger partial charge in [-0.25, -0.2) is 17.6 Å². The van der Waals surface area contributed by atoms with Crippen LogP contribution in [0.15, 0.2) is 30.3 Å². The minimum absolute atomic E-state index is 0.0578. The van der Waals surface area contributed by atoms with Crippen molar-refractivity contribution in [3.63, 3.8) is 0 Å². The first-order chi connectivity index (χ1) is 9.41. The Balaban J connectivity index is 2.48. The normalized spacial score (nSPS) is 10.4. The fraction of sp³-hybridized carbons (Fsp3) is 0. The van der Waals surface area contributed by atoms with E-state index in [4.69, 9.17) is 18.0 Å². The summed E-state index contributed by atoms with van der Waals surface area (Å²) in [5.74, 6) is -5.06. The summed E-state index contributed by atoms with van der Waals surface area (Å²) in [5, 5.41) is 2.44. The fourth-order valence-corrected chi connectivity index (χ4v) is 1.85. The number of hydrogen-bond donors (Lipinski definition) is 2. The summed E-state index contributed by atoms with van der Waals surface area (Å²) in [5.41, 5.74) is 4.96. The molecule has 0 radical (unpaired) electrons. The highest BCUT2D eigenvalue weighted by Gasteiger charge is 2.16. The lowest BCUT2D eigenvalue weighted by atomic mass is 10.1. The molecule has 7 heteroatoms. The Morgan fingerprint density at radius 3 is 2.25 bits per heavy atom. The van der Waals surface area contributed by atoms with E-state index in [1.165, 1.54) is 12.1 Å². The highest BCUT2D eigenvalue weighted by molar-refractivity contribution is 7.80. The van der Waals surface area contributed by atoms with Gasteiger partial charge in [0, 0.05) is 0 Å². The lowest BCUT2D eigenvalue weighted by Gasteiger charge is -2.13. The van der Waals surface area contributed by atoms with Gasteiger partial charge < -0.3 is 11.1 Å². The zero-order chi connectivity index (χ0) is 14.9. The zero-order valence-corrected chi connectivity index (χ0v) is 10.7. The smallest absolute Gasteiger partial charge is 0.196 e. The quantitative estimate of drug-likeness (QED) is 0.516. The van der Waals surface area contributed by atoms with E-state index in [1.807, 2.05) is 0 Å². The molecule has 2 aromatic carbocycles. The van der Waals surface area contributed by atoms with Crippen molar-refractivity contribution in [1.29, 1.82) is 0 Å². The van der Waals surface area contributed by atoms with E-state index in [0.717, 1.165) is 18.2 Å². The van der Waals surface area contributed by atoms with Crippen LogP contribution in [0.1, 0.15) is 5.56 Å². The molecule has 0 aliphatic rings. The monoisotopic (exact) mass is 300 g/mol. The minimum atomic E-state index is -1.62. The molecule has 2 aromatic rings. The molecule has 0 saturated heterocycles. The number of anilines is 2. The van der Waals surface area contributed by atoms with E-state index in [1.54, 1.807) is 0 Å². The predicted octanol–water partition coefficient (Wildman–Crippen LogP) is 3.62. The molecule has 0 fully saturated rings. The average molecular weight is 300 g/mol. The van der Waals surface area contributed by atoms with E-state index in [0.29, 0.717) is 0 Å². The summed E-state index contributed by atoms with van der Waals surface area (Å²) in [6.45, 7) is 0. The Bertz CT molecular complexity index is 688. The van der Waals surface area contributed by atoms with Crippen molar-refractivity contribution in [3.8, 4) is 0 Å². The SMILES string of the molecule is NC(=S)c1c(F)cccc1Nc1ccc(F)c(F)c1F. The largest absolute Gasteiger partial charge is 0.389 e. The third-order valence-electron chi connectivity index (χ3n) is 2.56. The standard InChI is InChI=1S/C13H8F4N2S/c14-6-2-1-3-8(10(6)13(18)20)19-9-5-4-7(15)11(16)12(9)17/h1-5,19H,(H2,18,20). The Labute approximate surface area is 117 Å². The molecule has 0 aromatic heterocycles. The second kappa shape index (κ2) is 5.46. The van der Waals surface area contributed by atoms with Gasteiger partial charge in [-0.05, 0) is 24.3 Å². The molecular weight excluding hydrogens is 292 g/mol. The summed E-state index contributed by atoms with van der Waals surface area (Å²) in [4.78, 5) is -0.242. The number of nitrogens with one attached hydrogen (secondary N) is 1. The van der Waals surface area contributed by atoms with Crippen molar-refractivity contribution in [2.24, 2.45) is 5.73 Å². The van der Waals surface area contributed by atoms with Gasteiger partial charge in [0.2, 0.25) is 0 Å². The van der Waals surface area contributed by atoms with Crippen LogP contribution < -0.4 is 11.1 Å². The van der Waals surface area contributed by atoms with Gasteiger partial charge in [-0.3, -0.25) is 0 Å². The van der Waals surface area contributed by atoms with Gasteiger partial charge in [-0.1, -0.05) is 18.3 Å². The Morgan fingerprint density at radius 2 is 1.60 bits per heavy atom. The molecule has 0 heterocycles. The summed E-state index contributed by atoms with van der Waals surface area (Å²) in [6.07, 6.45) is 0. The molecular formula is C13H8F4N2S. The number of halogens is 4. The number of hydrogen-bond acceptors (Lipinski definition) is 2. The summed E-state index contributed by atoms with van der Waals surface area (Å²) in [7, 11) is 0. The zero-order valence-electron chi connectivity index (χ0n) is 9.88. The molecule has 0 amide bonds. The molecule has 2 nitrogen and oxygen atoms in total. The number of nitrogens with two attached hydrogens (primary N) is 1. The summed E-state index contributed by atoms with van der Waals surface area (Å²) in [6, 6.07) is 5.60. The number of rotatable bonds is 3. The fourth-order valence-electron chi connectivity index (χ4n) is 1.65. The molecule has 0 saturated carbocycles. The lowest BCUT2D eigenvalue weighted by molar-refractivity contribution is 0.449. The second-order valence-electron chi connectivity index (χ2n) is 3.87. The third kappa shape index (κ3) is 2.57. The topological polar surface area (TPSA) is 38.0 Å². The van der Waals surface area contributed by atoms with Crippen LogP contribution in [0.2, 0.25) is 0 Å². The van der Waals surface area contributed by atoms with Gasteiger partial charge in [0.05, 0.1) is 16.9 Å². The number of thiocarbonyl (C=S) groups is 1. The maximum Gasteiger partial charge on any atom is 0.196 e. The molecule has 0 unspecified atom stereocenters. The predicted molar refractivity (Wildman–Crippen MR) is 71.9 cm³/mol. The third-order valence-corrected chi connectivity index (χ3v) is 2.77. The molecule has 0 atom stereocenters. The molecule has 3 N–H and O–H groups in total. The van der Waals surface area contributed by atoms with Gasteiger partial charge in [-0.15, -0.1) is 0 Å². The second-order valence-corrected chi connectivity index (χ2v) is 4.31. The highest BCUT2D eigenvalue weighted by Crippen LogP contribution is 2.27. The molecule has 0 aliphatic heterocycles. The van der Waals surface area contributed by atoms with Gasteiger partial charge >= 0.3 is 0 Å². The van der Waals surface area contributed by atoms with Crippen LogP contribution >= 0.6 is 12.2 Å². The van der Waals surface area contributed by atoms with Crippen molar-refractivity contribution in [3.05, 3.63) is 59.2 Å². The van der Waals surface area contributed by atoms with E-state index < -0.39 is 23.3 Å². The van der Waals surface area contributed by atoms with Crippen LogP contribution in [0.5, 0.6) is 0 Å². The van der Waals surface area contributed by atoms with Gasteiger partial charge in [0.1, 0.15) is 10.8 Å². The van der Waals surface area contributed by atoms with Gasteiger partial charge in [0.25, 0.3) is 0 Å². The molecule has 0 aliphatic carbocycles. The van der Waals surface area contributed by atoms with Crippen molar-refractivity contribution in [2.75, 3.05) is 5.32 Å². The number of benzene rings is 2. The van der Waals surface area contributed by atoms with Crippen LogP contribution in [0.4, 0.5) is 28.9 Å². The van der Waals surface area contributed by atoms with Gasteiger partial charge in [-0.2, -0.15) is 0 Å². The molecule has 20 heavy (non-hydrogen) atoms. The maximum absolute atomic E-state index is 13.6. The Kier molecular flexibility index (Phi) is 3.89. The van der Waals surface area contributed by atoms with Crippen molar-refractivity contribution < 1.29 is 17.6 Å². The average Bonchev–Trinajstić information content (AvgIpc) is 2.39. The minimum Gasteiger partial charge on any atom is -0.389 e. The van der Waals surface area contributed by atoms with Crippen LogP contribution in [0.25, 0.3) is 0 Å². The Hall–Kier alpha value is -2.15. The van der Waals surface area contributed by atoms with E-state index >= 15 is 0 Å². The van der Waals surface area contributed by atoms with Crippen LogP contribution in [0, 0.1) is 23.3 Å². The van der Waals surface area contributed by atoms with Crippen LogP contribution in [0.3, 0.4) is 0 Å². The summed E-state index contributed by atoms with van der Waals surface area (Å²) < 4.78 is 53.1. The first kappa shape index (κ1) is 14.3. The van der Waals surface area contributed by atoms with Crippen LogP contribution in [-0.2, 0) is 0 Å². The summed E-state index contributed by atoms with van der Waals surface area (Å²) >= 11 is 4.70. The molecule has 104 valence electrons. The van der Waals surface area contributed by atoms with Crippen molar-refractivity contribution in [1.82, 2.24) is 0 Å². The van der Waals surface area contributed by atoms with Crippen molar-refractivity contribution in [2.45, 2.75) is 0 Å². The van der Waals surface area contributed by atoms with Crippen LogP contribution in [-0.4, -0.2) is 4.99 Å². The molecule has 0 spiro atoms. The molecule has 0 bridgehead atoms.